The van der Waals surface area contributed by atoms with Gasteiger partial charge in [-0.2, -0.15) is 0 Å². The van der Waals surface area contributed by atoms with Gasteiger partial charge in [0.05, 0.1) is 12.3 Å². The molecule has 0 aliphatic carbocycles. The highest BCUT2D eigenvalue weighted by atomic mass is 16.3. The second-order valence-electron chi connectivity index (χ2n) is 5.01. The Morgan fingerprint density at radius 1 is 1.06 bits per heavy atom. The normalized spacial score (nSPS) is 12.9. The van der Waals surface area contributed by atoms with Crippen molar-refractivity contribution in [2.24, 2.45) is 0 Å². The molecule has 0 aliphatic rings. The lowest BCUT2D eigenvalue weighted by molar-refractivity contribution is 0.430. The first kappa shape index (κ1) is 12.9. The Balaban J connectivity index is 1.90. The average Bonchev–Trinajstić information content (AvgIpc) is 2.90. The molecule has 0 amide bonds. The molecule has 1 aromatic heterocycles. The third-order valence-corrected chi connectivity index (χ3v) is 3.23. The fourth-order valence-corrected chi connectivity index (χ4v) is 1.93. The first-order valence-electron chi connectivity index (χ1n) is 6.52. The van der Waals surface area contributed by atoms with E-state index in [0.717, 1.165) is 12.3 Å². The van der Waals surface area contributed by atoms with Crippen LogP contribution < -0.4 is 5.32 Å². The van der Waals surface area contributed by atoms with Crippen LogP contribution in [0.15, 0.2) is 47.1 Å². The van der Waals surface area contributed by atoms with Crippen LogP contribution in [0, 0.1) is 0 Å². The Labute approximate surface area is 109 Å². The van der Waals surface area contributed by atoms with E-state index in [1.165, 1.54) is 11.1 Å². The lowest BCUT2D eigenvalue weighted by Crippen LogP contribution is -2.17. The van der Waals surface area contributed by atoms with E-state index in [2.05, 4.69) is 50.4 Å². The van der Waals surface area contributed by atoms with Crippen LogP contribution in [-0.2, 0) is 6.54 Å². The lowest BCUT2D eigenvalue weighted by Gasteiger charge is -2.12. The van der Waals surface area contributed by atoms with Crippen molar-refractivity contribution in [1.29, 1.82) is 0 Å². The third-order valence-electron chi connectivity index (χ3n) is 3.23. The summed E-state index contributed by atoms with van der Waals surface area (Å²) in [6.45, 7) is 7.40. The van der Waals surface area contributed by atoms with Gasteiger partial charge in [-0.1, -0.05) is 38.1 Å². The van der Waals surface area contributed by atoms with Gasteiger partial charge in [0.15, 0.2) is 0 Å². The highest BCUT2D eigenvalue weighted by Gasteiger charge is 2.07. The molecular formula is C16H21NO. The van der Waals surface area contributed by atoms with Gasteiger partial charge < -0.3 is 9.73 Å². The minimum Gasteiger partial charge on any atom is -0.468 e. The van der Waals surface area contributed by atoms with Crippen molar-refractivity contribution in [3.63, 3.8) is 0 Å². The number of hydrogen-bond acceptors (Lipinski definition) is 2. The summed E-state index contributed by atoms with van der Waals surface area (Å²) < 4.78 is 5.37. The molecule has 18 heavy (non-hydrogen) atoms. The van der Waals surface area contributed by atoms with Crippen LogP contribution in [0.25, 0.3) is 0 Å². The van der Waals surface area contributed by atoms with Gasteiger partial charge in [-0.05, 0) is 36.1 Å². The Morgan fingerprint density at radius 2 is 1.78 bits per heavy atom. The molecule has 0 spiro atoms. The molecule has 0 radical (unpaired) electrons. The van der Waals surface area contributed by atoms with Gasteiger partial charge in [0.1, 0.15) is 5.76 Å². The van der Waals surface area contributed by atoms with Crippen molar-refractivity contribution in [3.8, 4) is 0 Å². The molecule has 96 valence electrons. The van der Waals surface area contributed by atoms with Crippen LogP contribution in [0.2, 0.25) is 0 Å². The highest BCUT2D eigenvalue weighted by molar-refractivity contribution is 5.24. The van der Waals surface area contributed by atoms with Gasteiger partial charge in [0, 0.05) is 6.54 Å². The second-order valence-corrected chi connectivity index (χ2v) is 5.01. The van der Waals surface area contributed by atoms with E-state index < -0.39 is 0 Å². The summed E-state index contributed by atoms with van der Waals surface area (Å²) in [6, 6.07) is 13.0. The lowest BCUT2D eigenvalue weighted by atomic mass is 10.0. The summed E-state index contributed by atoms with van der Waals surface area (Å²) in [7, 11) is 0. The summed E-state index contributed by atoms with van der Waals surface area (Å²) >= 11 is 0. The van der Waals surface area contributed by atoms with E-state index in [9.17, 15) is 0 Å². The van der Waals surface area contributed by atoms with Gasteiger partial charge in [-0.15, -0.1) is 0 Å². The standard InChI is InChI=1S/C16H21NO/c1-12(2)15-8-6-14(7-9-15)11-17-13(3)16-5-4-10-18-16/h4-10,12-13,17H,11H2,1-3H3. The number of hydrogen-bond donors (Lipinski definition) is 1. The SMILES string of the molecule is CC(C)c1ccc(CNC(C)c2ccco2)cc1. The van der Waals surface area contributed by atoms with Crippen LogP contribution >= 0.6 is 0 Å². The third kappa shape index (κ3) is 3.23. The van der Waals surface area contributed by atoms with Gasteiger partial charge in [0.2, 0.25) is 0 Å². The zero-order valence-electron chi connectivity index (χ0n) is 11.3. The molecule has 2 aromatic rings. The van der Waals surface area contributed by atoms with Crippen molar-refractivity contribution >= 4 is 0 Å². The average molecular weight is 243 g/mol. The van der Waals surface area contributed by atoms with E-state index in [1.807, 2.05) is 12.1 Å². The molecule has 1 heterocycles. The molecule has 1 unspecified atom stereocenters. The van der Waals surface area contributed by atoms with Crippen LogP contribution in [0.4, 0.5) is 0 Å². The zero-order valence-corrected chi connectivity index (χ0v) is 11.3. The Kier molecular flexibility index (Phi) is 4.21. The Morgan fingerprint density at radius 3 is 2.33 bits per heavy atom. The number of furan rings is 1. The minimum absolute atomic E-state index is 0.241. The first-order chi connectivity index (χ1) is 8.66. The molecule has 1 N–H and O–H groups in total. The van der Waals surface area contributed by atoms with Crippen molar-refractivity contribution in [2.75, 3.05) is 0 Å². The topological polar surface area (TPSA) is 25.2 Å². The molecular weight excluding hydrogens is 222 g/mol. The Hall–Kier alpha value is -1.54. The summed E-state index contributed by atoms with van der Waals surface area (Å²) in [6.07, 6.45) is 1.71. The summed E-state index contributed by atoms with van der Waals surface area (Å²) in [5, 5.41) is 3.46. The van der Waals surface area contributed by atoms with Crippen LogP contribution in [0.1, 0.15) is 49.6 Å². The molecule has 2 nitrogen and oxygen atoms in total. The maximum Gasteiger partial charge on any atom is 0.120 e. The van der Waals surface area contributed by atoms with E-state index in [1.54, 1.807) is 6.26 Å². The maximum absolute atomic E-state index is 5.37. The highest BCUT2D eigenvalue weighted by Crippen LogP contribution is 2.16. The maximum atomic E-state index is 5.37. The van der Waals surface area contributed by atoms with Gasteiger partial charge in [-0.3, -0.25) is 0 Å². The molecule has 1 aromatic carbocycles. The number of rotatable bonds is 5. The van der Waals surface area contributed by atoms with Crippen molar-refractivity contribution < 1.29 is 4.42 Å². The van der Waals surface area contributed by atoms with Crippen molar-refractivity contribution in [2.45, 2.75) is 39.3 Å². The second kappa shape index (κ2) is 5.87. The first-order valence-corrected chi connectivity index (χ1v) is 6.52. The quantitative estimate of drug-likeness (QED) is 0.849. The fraction of sp³-hybridized carbons (Fsp3) is 0.375. The largest absolute Gasteiger partial charge is 0.468 e. The van der Waals surface area contributed by atoms with E-state index in [-0.39, 0.29) is 6.04 Å². The predicted molar refractivity (Wildman–Crippen MR) is 74.5 cm³/mol. The molecule has 0 aliphatic heterocycles. The van der Waals surface area contributed by atoms with Gasteiger partial charge in [-0.25, -0.2) is 0 Å². The van der Waals surface area contributed by atoms with Crippen LogP contribution in [-0.4, -0.2) is 0 Å². The number of benzene rings is 1. The van der Waals surface area contributed by atoms with Crippen LogP contribution in [0.3, 0.4) is 0 Å². The Bertz CT molecular complexity index is 456. The van der Waals surface area contributed by atoms with Gasteiger partial charge >= 0.3 is 0 Å². The summed E-state index contributed by atoms with van der Waals surface area (Å²) in [5.74, 6) is 1.57. The van der Waals surface area contributed by atoms with Crippen molar-refractivity contribution in [1.82, 2.24) is 5.32 Å². The zero-order chi connectivity index (χ0) is 13.0. The molecule has 1 atom stereocenters. The predicted octanol–water partition coefficient (Wildman–Crippen LogP) is 4.25. The molecule has 0 saturated carbocycles. The number of nitrogens with one attached hydrogen (secondary N) is 1. The van der Waals surface area contributed by atoms with E-state index >= 15 is 0 Å². The molecule has 2 heteroatoms. The van der Waals surface area contributed by atoms with Crippen LogP contribution in [0.5, 0.6) is 0 Å². The molecule has 0 fully saturated rings. The monoisotopic (exact) mass is 243 g/mol. The van der Waals surface area contributed by atoms with Gasteiger partial charge in [0.25, 0.3) is 0 Å². The summed E-state index contributed by atoms with van der Waals surface area (Å²) in [4.78, 5) is 0. The minimum atomic E-state index is 0.241. The molecule has 2 rings (SSSR count). The molecule has 0 saturated heterocycles. The summed E-state index contributed by atoms with van der Waals surface area (Å²) in [5.41, 5.74) is 2.69. The van der Waals surface area contributed by atoms with E-state index in [4.69, 9.17) is 4.42 Å². The molecule has 0 bridgehead atoms. The fourth-order valence-electron chi connectivity index (χ4n) is 1.93. The van der Waals surface area contributed by atoms with E-state index in [0.29, 0.717) is 5.92 Å². The smallest absolute Gasteiger partial charge is 0.120 e. The van der Waals surface area contributed by atoms with Crippen molar-refractivity contribution in [3.05, 3.63) is 59.5 Å².